The lowest BCUT2D eigenvalue weighted by atomic mass is 10.2. The summed E-state index contributed by atoms with van der Waals surface area (Å²) < 4.78 is 27.7. The number of carbonyl (C=O) groups excluding carboxylic acids is 1. The second-order valence-corrected chi connectivity index (χ2v) is 6.81. The van der Waals surface area contributed by atoms with Gasteiger partial charge in [0.2, 0.25) is 0 Å². The van der Waals surface area contributed by atoms with Crippen molar-refractivity contribution in [2.24, 2.45) is 0 Å². The lowest BCUT2D eigenvalue weighted by molar-refractivity contribution is 0.0976. The molecule has 3 aromatic rings. The molecule has 0 fully saturated rings. The fourth-order valence-corrected chi connectivity index (χ4v) is 3.01. The highest BCUT2D eigenvalue weighted by atomic mass is 32.2. The van der Waals surface area contributed by atoms with Crippen LogP contribution in [0.4, 0.5) is 0 Å². The van der Waals surface area contributed by atoms with Crippen molar-refractivity contribution in [2.75, 3.05) is 0 Å². The Morgan fingerprint density at radius 3 is 2.38 bits per heavy atom. The largest absolute Gasteiger partial charge is 0.287 e. The third kappa shape index (κ3) is 3.33. The SMILES string of the molecule is Cc1ccc(-n2cc(C(=O)NS(=O)(=O)c3ccccc3)nn2)cc1. The average Bonchev–Trinajstić information content (AvgIpc) is 3.06. The Labute approximate surface area is 139 Å². The molecule has 0 radical (unpaired) electrons. The number of carbonyl (C=O) groups is 1. The van der Waals surface area contributed by atoms with E-state index in [1.54, 1.807) is 18.2 Å². The van der Waals surface area contributed by atoms with E-state index in [0.29, 0.717) is 0 Å². The summed E-state index contributed by atoms with van der Waals surface area (Å²) in [7, 11) is -3.95. The molecular weight excluding hydrogens is 328 g/mol. The Bertz CT molecular complexity index is 964. The van der Waals surface area contributed by atoms with Gasteiger partial charge in [0.25, 0.3) is 15.9 Å². The third-order valence-corrected chi connectivity index (χ3v) is 4.65. The van der Waals surface area contributed by atoms with Gasteiger partial charge in [-0.1, -0.05) is 41.1 Å². The molecule has 1 heterocycles. The summed E-state index contributed by atoms with van der Waals surface area (Å²) in [6.45, 7) is 1.96. The molecule has 0 aliphatic heterocycles. The summed E-state index contributed by atoms with van der Waals surface area (Å²) in [4.78, 5) is 12.1. The molecule has 0 aliphatic rings. The van der Waals surface area contributed by atoms with E-state index < -0.39 is 15.9 Å². The fourth-order valence-electron chi connectivity index (χ4n) is 2.02. The van der Waals surface area contributed by atoms with Crippen molar-refractivity contribution >= 4 is 15.9 Å². The van der Waals surface area contributed by atoms with Crippen LogP contribution in [-0.2, 0) is 10.0 Å². The number of aryl methyl sites for hydroxylation is 1. The van der Waals surface area contributed by atoms with E-state index in [1.165, 1.54) is 23.0 Å². The van der Waals surface area contributed by atoms with E-state index in [4.69, 9.17) is 0 Å². The quantitative estimate of drug-likeness (QED) is 0.779. The summed E-state index contributed by atoms with van der Waals surface area (Å²) in [6, 6.07) is 15.1. The van der Waals surface area contributed by atoms with Crippen LogP contribution in [0, 0.1) is 6.92 Å². The number of nitrogens with one attached hydrogen (secondary N) is 1. The van der Waals surface area contributed by atoms with E-state index in [1.807, 2.05) is 35.9 Å². The van der Waals surface area contributed by atoms with Gasteiger partial charge in [-0.15, -0.1) is 5.10 Å². The molecule has 0 spiro atoms. The summed E-state index contributed by atoms with van der Waals surface area (Å²) >= 11 is 0. The van der Waals surface area contributed by atoms with E-state index in [2.05, 4.69) is 10.3 Å². The van der Waals surface area contributed by atoms with Crippen LogP contribution in [0.2, 0.25) is 0 Å². The van der Waals surface area contributed by atoms with Gasteiger partial charge in [0.05, 0.1) is 16.8 Å². The van der Waals surface area contributed by atoms with Crippen LogP contribution in [0.15, 0.2) is 65.7 Å². The van der Waals surface area contributed by atoms with E-state index in [-0.39, 0.29) is 10.6 Å². The Balaban J connectivity index is 1.80. The second-order valence-electron chi connectivity index (χ2n) is 5.13. The van der Waals surface area contributed by atoms with Crippen LogP contribution in [-0.4, -0.2) is 29.3 Å². The molecule has 8 heteroatoms. The first-order valence-corrected chi connectivity index (χ1v) is 8.56. The predicted molar refractivity (Wildman–Crippen MR) is 87.2 cm³/mol. The molecule has 0 atom stereocenters. The number of benzene rings is 2. The maximum Gasteiger partial charge on any atom is 0.287 e. The standard InChI is InChI=1S/C16H14N4O3S/c1-12-7-9-13(10-8-12)20-11-15(17-19-20)16(21)18-24(22,23)14-5-3-2-4-6-14/h2-11H,1H3,(H,18,21). The number of sulfonamides is 1. The Kier molecular flexibility index (Phi) is 4.13. The van der Waals surface area contributed by atoms with Gasteiger partial charge in [-0.3, -0.25) is 4.79 Å². The first-order valence-electron chi connectivity index (χ1n) is 7.07. The van der Waals surface area contributed by atoms with Crippen molar-refractivity contribution in [1.29, 1.82) is 0 Å². The van der Waals surface area contributed by atoms with Gasteiger partial charge in [-0.2, -0.15) is 0 Å². The third-order valence-electron chi connectivity index (χ3n) is 3.31. The molecule has 1 amide bonds. The zero-order valence-corrected chi connectivity index (χ0v) is 13.6. The molecule has 1 aromatic heterocycles. The molecule has 0 saturated carbocycles. The molecule has 24 heavy (non-hydrogen) atoms. The van der Waals surface area contributed by atoms with Gasteiger partial charge in [0, 0.05) is 0 Å². The van der Waals surface area contributed by atoms with Crippen LogP contribution >= 0.6 is 0 Å². The van der Waals surface area contributed by atoms with Gasteiger partial charge in [-0.25, -0.2) is 17.8 Å². The molecular formula is C16H14N4O3S. The van der Waals surface area contributed by atoms with Crippen molar-refractivity contribution in [1.82, 2.24) is 19.7 Å². The van der Waals surface area contributed by atoms with Crippen LogP contribution in [0.5, 0.6) is 0 Å². The minimum Gasteiger partial charge on any atom is -0.266 e. The van der Waals surface area contributed by atoms with E-state index in [9.17, 15) is 13.2 Å². The number of aromatic nitrogens is 3. The predicted octanol–water partition coefficient (Wildman–Crippen LogP) is 1.69. The minimum absolute atomic E-state index is 0.00396. The summed E-state index contributed by atoms with van der Waals surface area (Å²) in [5.41, 5.74) is 1.72. The number of hydrogen-bond donors (Lipinski definition) is 1. The molecule has 7 nitrogen and oxygen atoms in total. The first-order chi connectivity index (χ1) is 11.5. The monoisotopic (exact) mass is 342 g/mol. The summed E-state index contributed by atoms with van der Waals surface area (Å²) in [5.74, 6) is -0.836. The van der Waals surface area contributed by atoms with Crippen LogP contribution < -0.4 is 4.72 Å². The highest BCUT2D eigenvalue weighted by molar-refractivity contribution is 7.90. The fraction of sp³-hybridized carbons (Fsp3) is 0.0625. The van der Waals surface area contributed by atoms with Gasteiger partial charge in [-0.05, 0) is 31.2 Å². The van der Waals surface area contributed by atoms with Crippen molar-refractivity contribution in [3.05, 3.63) is 72.1 Å². The number of hydrogen-bond acceptors (Lipinski definition) is 5. The normalized spacial score (nSPS) is 11.2. The highest BCUT2D eigenvalue weighted by Gasteiger charge is 2.20. The Hall–Kier alpha value is -3.00. The van der Waals surface area contributed by atoms with Gasteiger partial charge in [0.15, 0.2) is 5.69 Å². The average molecular weight is 342 g/mol. The van der Waals surface area contributed by atoms with Crippen molar-refractivity contribution in [3.63, 3.8) is 0 Å². The second kappa shape index (κ2) is 6.25. The van der Waals surface area contributed by atoms with Crippen LogP contribution in [0.25, 0.3) is 5.69 Å². The molecule has 0 saturated heterocycles. The molecule has 3 rings (SSSR count). The zero-order valence-electron chi connectivity index (χ0n) is 12.7. The summed E-state index contributed by atoms with van der Waals surface area (Å²) in [6.07, 6.45) is 1.38. The van der Waals surface area contributed by atoms with Crippen molar-refractivity contribution in [3.8, 4) is 5.69 Å². The topological polar surface area (TPSA) is 94.0 Å². The first kappa shape index (κ1) is 15.9. The Morgan fingerprint density at radius 2 is 1.71 bits per heavy atom. The maximum absolute atomic E-state index is 12.1. The molecule has 0 unspecified atom stereocenters. The molecule has 0 aliphatic carbocycles. The van der Waals surface area contributed by atoms with Gasteiger partial charge in [0.1, 0.15) is 0 Å². The zero-order chi connectivity index (χ0) is 17.2. The van der Waals surface area contributed by atoms with Gasteiger partial charge >= 0.3 is 0 Å². The number of nitrogens with zero attached hydrogens (tertiary/aromatic N) is 3. The highest BCUT2D eigenvalue weighted by Crippen LogP contribution is 2.10. The molecule has 1 N–H and O–H groups in total. The smallest absolute Gasteiger partial charge is 0.266 e. The molecule has 2 aromatic carbocycles. The van der Waals surface area contributed by atoms with Crippen LogP contribution in [0.3, 0.4) is 0 Å². The van der Waals surface area contributed by atoms with Crippen LogP contribution in [0.1, 0.15) is 16.1 Å². The molecule has 0 bridgehead atoms. The lowest BCUT2D eigenvalue weighted by Gasteiger charge is -2.04. The lowest BCUT2D eigenvalue weighted by Crippen LogP contribution is -2.30. The van der Waals surface area contributed by atoms with Crippen molar-refractivity contribution < 1.29 is 13.2 Å². The van der Waals surface area contributed by atoms with Crippen molar-refractivity contribution in [2.45, 2.75) is 11.8 Å². The van der Waals surface area contributed by atoms with Gasteiger partial charge < -0.3 is 0 Å². The maximum atomic E-state index is 12.1. The number of rotatable bonds is 4. The summed E-state index contributed by atoms with van der Waals surface area (Å²) in [5, 5.41) is 7.58. The van der Waals surface area contributed by atoms with E-state index >= 15 is 0 Å². The minimum atomic E-state index is -3.95. The molecule has 122 valence electrons. The van der Waals surface area contributed by atoms with E-state index in [0.717, 1.165) is 11.3 Å². The Morgan fingerprint density at radius 1 is 1.04 bits per heavy atom. The number of amides is 1.